The van der Waals surface area contributed by atoms with Crippen LogP contribution in [0, 0.1) is 41.4 Å². The fourth-order valence-corrected chi connectivity index (χ4v) is 5.53. The highest BCUT2D eigenvalue weighted by molar-refractivity contribution is 5.10. The first-order valence-electron chi connectivity index (χ1n) is 7.76. The molecule has 4 bridgehead atoms. The second-order valence-electron chi connectivity index (χ2n) is 7.68. The van der Waals surface area contributed by atoms with E-state index in [0.717, 1.165) is 47.8 Å². The number of hydrogen-bond donors (Lipinski definition) is 1. The SMILES string of the molecule is CC(C)C.OC1CC2CC1C1C3CCC(C3)C21. The highest BCUT2D eigenvalue weighted by Crippen LogP contribution is 2.67. The normalized spacial score (nSPS) is 53.8. The summed E-state index contributed by atoms with van der Waals surface area (Å²) < 4.78 is 0. The zero-order chi connectivity index (χ0) is 12.2. The first-order chi connectivity index (χ1) is 8.08. The van der Waals surface area contributed by atoms with E-state index >= 15 is 0 Å². The molecule has 0 radical (unpaired) electrons. The van der Waals surface area contributed by atoms with Gasteiger partial charge >= 0.3 is 0 Å². The van der Waals surface area contributed by atoms with Crippen LogP contribution >= 0.6 is 0 Å². The quantitative estimate of drug-likeness (QED) is 0.636. The fourth-order valence-electron chi connectivity index (χ4n) is 5.53. The van der Waals surface area contributed by atoms with Crippen LogP contribution < -0.4 is 0 Å². The molecule has 0 aromatic carbocycles. The van der Waals surface area contributed by atoms with Gasteiger partial charge in [-0.25, -0.2) is 0 Å². The van der Waals surface area contributed by atoms with Crippen molar-refractivity contribution >= 4 is 0 Å². The summed E-state index contributed by atoms with van der Waals surface area (Å²) in [4.78, 5) is 0. The van der Waals surface area contributed by atoms with Gasteiger partial charge in [0.25, 0.3) is 0 Å². The summed E-state index contributed by atoms with van der Waals surface area (Å²) in [7, 11) is 0. The highest BCUT2D eigenvalue weighted by atomic mass is 16.3. The Morgan fingerprint density at radius 2 is 1.41 bits per heavy atom. The van der Waals surface area contributed by atoms with Crippen molar-refractivity contribution in [2.24, 2.45) is 41.4 Å². The van der Waals surface area contributed by atoms with Crippen LogP contribution in [0.15, 0.2) is 0 Å². The molecule has 4 aliphatic rings. The van der Waals surface area contributed by atoms with Gasteiger partial charge in [-0.05, 0) is 73.5 Å². The predicted molar refractivity (Wildman–Crippen MR) is 70.5 cm³/mol. The van der Waals surface area contributed by atoms with Crippen LogP contribution in [0.5, 0.6) is 0 Å². The number of fused-ring (bicyclic) bond motifs is 9. The Labute approximate surface area is 106 Å². The lowest BCUT2D eigenvalue weighted by atomic mass is 9.70. The van der Waals surface area contributed by atoms with Gasteiger partial charge in [-0.2, -0.15) is 0 Å². The first-order valence-corrected chi connectivity index (χ1v) is 7.76. The van der Waals surface area contributed by atoms with Gasteiger partial charge in [0, 0.05) is 0 Å². The molecule has 7 unspecified atom stereocenters. The van der Waals surface area contributed by atoms with Gasteiger partial charge in [0.15, 0.2) is 0 Å². The molecule has 7 atom stereocenters. The maximum Gasteiger partial charge on any atom is 0.0574 e. The van der Waals surface area contributed by atoms with Crippen molar-refractivity contribution in [2.75, 3.05) is 0 Å². The Morgan fingerprint density at radius 1 is 0.824 bits per heavy atom. The van der Waals surface area contributed by atoms with Crippen molar-refractivity contribution in [1.29, 1.82) is 0 Å². The molecule has 98 valence electrons. The van der Waals surface area contributed by atoms with Crippen LogP contribution in [0.3, 0.4) is 0 Å². The number of rotatable bonds is 0. The van der Waals surface area contributed by atoms with Crippen LogP contribution in [-0.2, 0) is 0 Å². The van der Waals surface area contributed by atoms with Crippen molar-refractivity contribution in [3.8, 4) is 0 Å². The van der Waals surface area contributed by atoms with Gasteiger partial charge in [0.05, 0.1) is 6.10 Å². The standard InChI is InChI=1S/C12H18O.C4H10/c13-10-5-8-4-9(10)12-7-2-1-6(3-7)11(8)12;1-4(2)3/h6-13H,1-5H2;4H,1-3H3. The molecule has 0 aromatic heterocycles. The molecule has 4 saturated carbocycles. The van der Waals surface area contributed by atoms with Gasteiger partial charge in [-0.1, -0.05) is 20.8 Å². The molecule has 0 aromatic rings. The molecule has 1 nitrogen and oxygen atoms in total. The Morgan fingerprint density at radius 3 is 2.06 bits per heavy atom. The van der Waals surface area contributed by atoms with Crippen LogP contribution in [0.25, 0.3) is 0 Å². The molecule has 17 heavy (non-hydrogen) atoms. The molecule has 0 saturated heterocycles. The average molecular weight is 236 g/mol. The summed E-state index contributed by atoms with van der Waals surface area (Å²) >= 11 is 0. The number of aliphatic hydroxyl groups is 1. The van der Waals surface area contributed by atoms with E-state index in [-0.39, 0.29) is 6.10 Å². The molecule has 0 heterocycles. The smallest absolute Gasteiger partial charge is 0.0574 e. The molecular formula is C16H28O. The lowest BCUT2D eigenvalue weighted by molar-refractivity contribution is 0.0291. The second kappa shape index (κ2) is 4.26. The summed E-state index contributed by atoms with van der Waals surface area (Å²) in [6, 6.07) is 0. The van der Waals surface area contributed by atoms with Crippen molar-refractivity contribution in [2.45, 2.75) is 59.0 Å². The molecule has 4 rings (SSSR count). The number of hydrogen-bond acceptors (Lipinski definition) is 1. The van der Waals surface area contributed by atoms with E-state index < -0.39 is 0 Å². The van der Waals surface area contributed by atoms with Gasteiger partial charge in [-0.3, -0.25) is 0 Å². The average Bonchev–Trinajstić information content (AvgIpc) is 2.92. The fraction of sp³-hybridized carbons (Fsp3) is 1.00. The van der Waals surface area contributed by atoms with Crippen LogP contribution in [0.2, 0.25) is 0 Å². The van der Waals surface area contributed by atoms with E-state index in [9.17, 15) is 5.11 Å². The van der Waals surface area contributed by atoms with E-state index in [4.69, 9.17) is 0 Å². The predicted octanol–water partition coefficient (Wildman–Crippen LogP) is 3.71. The van der Waals surface area contributed by atoms with E-state index in [0.29, 0.717) is 0 Å². The molecular weight excluding hydrogens is 208 g/mol. The topological polar surface area (TPSA) is 20.2 Å². The third-order valence-corrected chi connectivity index (χ3v) is 5.70. The summed E-state index contributed by atoms with van der Waals surface area (Å²) in [5.41, 5.74) is 0. The largest absolute Gasteiger partial charge is 0.393 e. The maximum atomic E-state index is 9.89. The molecule has 4 fully saturated rings. The Balaban J connectivity index is 0.000000201. The van der Waals surface area contributed by atoms with Gasteiger partial charge in [-0.15, -0.1) is 0 Å². The zero-order valence-corrected chi connectivity index (χ0v) is 11.6. The summed E-state index contributed by atoms with van der Waals surface area (Å²) in [5.74, 6) is 6.63. The van der Waals surface area contributed by atoms with Crippen molar-refractivity contribution in [3.63, 3.8) is 0 Å². The van der Waals surface area contributed by atoms with Gasteiger partial charge < -0.3 is 5.11 Å². The molecule has 4 aliphatic carbocycles. The molecule has 0 amide bonds. The third kappa shape index (κ3) is 1.85. The summed E-state index contributed by atoms with van der Waals surface area (Å²) in [6.07, 6.45) is 7.14. The van der Waals surface area contributed by atoms with E-state index in [1.54, 1.807) is 0 Å². The Hall–Kier alpha value is -0.0400. The summed E-state index contributed by atoms with van der Waals surface area (Å²) in [5, 5.41) is 9.89. The number of aliphatic hydroxyl groups excluding tert-OH is 1. The minimum absolute atomic E-state index is 0.0885. The van der Waals surface area contributed by atoms with Crippen LogP contribution in [-0.4, -0.2) is 11.2 Å². The first kappa shape index (κ1) is 12.0. The lowest BCUT2D eigenvalue weighted by Gasteiger charge is -2.36. The zero-order valence-electron chi connectivity index (χ0n) is 11.6. The van der Waals surface area contributed by atoms with Gasteiger partial charge in [0.1, 0.15) is 0 Å². The molecule has 0 aliphatic heterocycles. The van der Waals surface area contributed by atoms with Crippen LogP contribution in [0.1, 0.15) is 52.9 Å². The molecule has 0 spiro atoms. The van der Waals surface area contributed by atoms with E-state index in [2.05, 4.69) is 20.8 Å². The third-order valence-electron chi connectivity index (χ3n) is 5.70. The second-order valence-corrected chi connectivity index (χ2v) is 7.68. The highest BCUT2D eigenvalue weighted by Gasteiger charge is 2.61. The Bertz CT molecular complexity index is 282. The molecule has 1 heteroatoms. The maximum absolute atomic E-state index is 9.89. The summed E-state index contributed by atoms with van der Waals surface area (Å²) in [6.45, 7) is 6.50. The van der Waals surface area contributed by atoms with Crippen molar-refractivity contribution in [1.82, 2.24) is 0 Å². The monoisotopic (exact) mass is 236 g/mol. The van der Waals surface area contributed by atoms with Crippen molar-refractivity contribution < 1.29 is 5.11 Å². The minimum Gasteiger partial charge on any atom is -0.393 e. The van der Waals surface area contributed by atoms with Crippen molar-refractivity contribution in [3.05, 3.63) is 0 Å². The Kier molecular flexibility index (Phi) is 3.01. The lowest BCUT2D eigenvalue weighted by Crippen LogP contribution is -2.34. The van der Waals surface area contributed by atoms with Gasteiger partial charge in [0.2, 0.25) is 0 Å². The minimum atomic E-state index is 0.0885. The van der Waals surface area contributed by atoms with E-state index in [1.165, 1.54) is 25.7 Å². The van der Waals surface area contributed by atoms with E-state index in [1.807, 2.05) is 0 Å². The van der Waals surface area contributed by atoms with Crippen LogP contribution in [0.4, 0.5) is 0 Å². The molecule has 1 N–H and O–H groups in total.